The van der Waals surface area contributed by atoms with Gasteiger partial charge in [-0.05, 0) is 98.5 Å². The highest BCUT2D eigenvalue weighted by Crippen LogP contribution is 2.27. The van der Waals surface area contributed by atoms with Gasteiger partial charge in [0.15, 0.2) is 0 Å². The number of hydrogen-bond donors (Lipinski definition) is 2. The van der Waals surface area contributed by atoms with Gasteiger partial charge in [-0.25, -0.2) is 0 Å². The van der Waals surface area contributed by atoms with E-state index >= 15 is 0 Å². The summed E-state index contributed by atoms with van der Waals surface area (Å²) in [6, 6.07) is 33.0. The fourth-order valence-electron chi connectivity index (χ4n) is 7.72. The Labute approximate surface area is 313 Å². The number of para-hydroxylation sites is 2. The highest BCUT2D eigenvalue weighted by atomic mass is 16.2. The Kier molecular flexibility index (Phi) is 9.22. The Morgan fingerprint density at radius 1 is 0.556 bits per heavy atom. The number of benzene rings is 4. The Morgan fingerprint density at radius 3 is 1.33 bits per heavy atom. The molecule has 0 unspecified atom stereocenters. The van der Waals surface area contributed by atoms with Crippen molar-refractivity contribution >= 4 is 56.8 Å². The van der Waals surface area contributed by atoms with Crippen LogP contribution in [0.15, 0.2) is 109 Å². The Hall–Kier alpha value is -6.60. The molecule has 2 N–H and O–H groups in total. The van der Waals surface area contributed by atoms with Gasteiger partial charge in [0.05, 0.1) is 0 Å². The van der Waals surface area contributed by atoms with Gasteiger partial charge in [-0.15, -0.1) is 0 Å². The minimum atomic E-state index is -0.544. The number of nitrogens with one attached hydrogen (secondary N) is 2. The number of aryl methyl sites for hydroxylation is 2. The van der Waals surface area contributed by atoms with Gasteiger partial charge in [0.2, 0.25) is 11.8 Å². The molecule has 2 aliphatic rings. The summed E-state index contributed by atoms with van der Waals surface area (Å²) in [5.41, 5.74) is 5.91. The maximum absolute atomic E-state index is 13.5. The van der Waals surface area contributed by atoms with Crippen LogP contribution in [0.4, 0.5) is 11.4 Å². The third-order valence-electron chi connectivity index (χ3n) is 10.6. The number of hydrogen-bond acceptors (Lipinski definition) is 4. The van der Waals surface area contributed by atoms with E-state index in [0.29, 0.717) is 48.7 Å². The first-order chi connectivity index (χ1) is 26.2. The first-order valence-electron chi connectivity index (χ1n) is 18.3. The molecule has 0 radical (unpaired) electrons. The number of amides is 4. The highest BCUT2D eigenvalue weighted by Gasteiger charge is 2.37. The molecule has 0 spiro atoms. The molecule has 270 valence electrons. The average molecular weight is 717 g/mol. The van der Waals surface area contributed by atoms with Gasteiger partial charge < -0.3 is 29.6 Å². The lowest BCUT2D eigenvalue weighted by Crippen LogP contribution is -2.43. The molecule has 2 aromatic heterocycles. The van der Waals surface area contributed by atoms with E-state index in [-0.39, 0.29) is 23.6 Å². The van der Waals surface area contributed by atoms with E-state index < -0.39 is 12.1 Å². The number of likely N-dealkylation sites (tertiary alicyclic amines) is 2. The molecule has 4 heterocycles. The highest BCUT2D eigenvalue weighted by molar-refractivity contribution is 6.04. The van der Waals surface area contributed by atoms with Crippen molar-refractivity contribution in [2.45, 2.75) is 37.8 Å². The van der Waals surface area contributed by atoms with Crippen LogP contribution >= 0.6 is 0 Å². The second-order valence-electron chi connectivity index (χ2n) is 14.0. The second-order valence-corrected chi connectivity index (χ2v) is 14.0. The van der Waals surface area contributed by atoms with E-state index in [1.54, 1.807) is 9.80 Å². The van der Waals surface area contributed by atoms with Gasteiger partial charge in [-0.1, -0.05) is 48.2 Å². The third kappa shape index (κ3) is 6.61. The molecule has 8 rings (SSSR count). The Morgan fingerprint density at radius 2 is 0.944 bits per heavy atom. The Balaban J connectivity index is 0.862. The monoisotopic (exact) mass is 716 g/mol. The Bertz CT molecular complexity index is 2310. The molecule has 4 aromatic carbocycles. The van der Waals surface area contributed by atoms with Crippen LogP contribution in [0.2, 0.25) is 0 Å². The standard InChI is InChI=1S/C44H40N6O4/c1-47-35-11-5-3-9-31(35)27-39(47)43(53)49-25-7-13-37(49)41(51)45-33-21-17-29(18-22-33)15-16-30-19-23-34(24-20-30)46-42(52)38-14-8-26-50(38)44(54)40-28-32-10-4-6-12-36(32)48(40)2/h3-6,9-12,17-24,27-28,37-38H,7-8,13-14,25-26H2,1-2H3,(H,45,51)(H,46,52)/t37-,38-/m0/s1. The van der Waals surface area contributed by atoms with Crippen LogP contribution in [-0.2, 0) is 23.7 Å². The summed E-state index contributed by atoms with van der Waals surface area (Å²) in [5.74, 6) is 5.61. The van der Waals surface area contributed by atoms with Crippen LogP contribution in [-0.4, -0.2) is 67.7 Å². The third-order valence-corrected chi connectivity index (χ3v) is 10.6. The number of rotatable bonds is 6. The summed E-state index contributed by atoms with van der Waals surface area (Å²) >= 11 is 0. The zero-order chi connectivity index (χ0) is 37.3. The molecular weight excluding hydrogens is 677 g/mol. The maximum atomic E-state index is 13.5. The van der Waals surface area contributed by atoms with Gasteiger partial charge in [0, 0.05) is 71.5 Å². The quantitative estimate of drug-likeness (QED) is 0.191. The van der Waals surface area contributed by atoms with E-state index in [0.717, 1.165) is 45.8 Å². The molecule has 0 bridgehead atoms. The average Bonchev–Trinajstić information content (AvgIpc) is 4.01. The molecule has 2 aliphatic heterocycles. The summed E-state index contributed by atoms with van der Waals surface area (Å²) in [7, 11) is 3.76. The van der Waals surface area contributed by atoms with Crippen molar-refractivity contribution in [2.75, 3.05) is 23.7 Å². The van der Waals surface area contributed by atoms with Crippen molar-refractivity contribution in [3.05, 3.63) is 132 Å². The van der Waals surface area contributed by atoms with Crippen LogP contribution in [0, 0.1) is 11.8 Å². The van der Waals surface area contributed by atoms with Gasteiger partial charge in [-0.2, -0.15) is 0 Å². The lowest BCUT2D eigenvalue weighted by atomic mass is 10.1. The second kappa shape index (κ2) is 14.4. The van der Waals surface area contributed by atoms with E-state index in [1.807, 2.05) is 132 Å². The zero-order valence-corrected chi connectivity index (χ0v) is 30.2. The van der Waals surface area contributed by atoms with E-state index in [9.17, 15) is 19.2 Å². The number of anilines is 2. The van der Waals surface area contributed by atoms with Crippen molar-refractivity contribution in [1.82, 2.24) is 18.9 Å². The predicted octanol–water partition coefficient (Wildman–Crippen LogP) is 6.56. The van der Waals surface area contributed by atoms with Gasteiger partial charge >= 0.3 is 0 Å². The van der Waals surface area contributed by atoms with Crippen molar-refractivity contribution in [3.63, 3.8) is 0 Å². The molecule has 0 aliphatic carbocycles. The molecule has 10 nitrogen and oxygen atoms in total. The minimum absolute atomic E-state index is 0.142. The molecule has 4 amide bonds. The van der Waals surface area contributed by atoms with Crippen LogP contribution in [0.5, 0.6) is 0 Å². The summed E-state index contributed by atoms with van der Waals surface area (Å²) in [6.07, 6.45) is 2.75. The SMILES string of the molecule is Cn1c(C(=O)N2CCC[C@H]2C(=O)Nc2ccc(C#Cc3ccc(NC(=O)[C@@H]4CCCN4C(=O)c4cc5ccccc5n4C)cc3)cc2)cc2ccccc21. The van der Waals surface area contributed by atoms with E-state index in [2.05, 4.69) is 22.5 Å². The van der Waals surface area contributed by atoms with Crippen LogP contribution in [0.3, 0.4) is 0 Å². The number of fused-ring (bicyclic) bond motifs is 2. The number of aromatic nitrogens is 2. The van der Waals surface area contributed by atoms with Crippen molar-refractivity contribution in [3.8, 4) is 11.8 Å². The molecular formula is C44H40N6O4. The fourth-order valence-corrected chi connectivity index (χ4v) is 7.72. The van der Waals surface area contributed by atoms with Gasteiger partial charge in [0.25, 0.3) is 11.8 Å². The lowest BCUT2D eigenvalue weighted by molar-refractivity contribution is -0.120. The van der Waals surface area contributed by atoms with Crippen LogP contribution in [0.1, 0.15) is 57.8 Å². The number of nitrogens with zero attached hydrogens (tertiary/aromatic N) is 4. The van der Waals surface area contributed by atoms with Crippen LogP contribution < -0.4 is 10.6 Å². The molecule has 2 atom stereocenters. The topological polar surface area (TPSA) is 109 Å². The zero-order valence-electron chi connectivity index (χ0n) is 30.2. The van der Waals surface area contributed by atoms with Gasteiger partial charge in [-0.3, -0.25) is 19.2 Å². The molecule has 2 saturated heterocycles. The molecule has 10 heteroatoms. The first-order valence-corrected chi connectivity index (χ1v) is 18.3. The molecule has 6 aromatic rings. The maximum Gasteiger partial charge on any atom is 0.271 e. The van der Waals surface area contributed by atoms with Crippen molar-refractivity contribution in [2.24, 2.45) is 14.1 Å². The number of carbonyl (C=O) groups excluding carboxylic acids is 4. The summed E-state index contributed by atoms with van der Waals surface area (Å²) in [4.78, 5) is 57.1. The normalized spacial score (nSPS) is 16.7. The summed E-state index contributed by atoms with van der Waals surface area (Å²) in [6.45, 7) is 1.07. The summed E-state index contributed by atoms with van der Waals surface area (Å²) in [5, 5.41) is 7.95. The molecule has 54 heavy (non-hydrogen) atoms. The van der Waals surface area contributed by atoms with E-state index in [4.69, 9.17) is 0 Å². The van der Waals surface area contributed by atoms with Crippen molar-refractivity contribution in [1.29, 1.82) is 0 Å². The van der Waals surface area contributed by atoms with Crippen molar-refractivity contribution < 1.29 is 19.2 Å². The lowest BCUT2D eigenvalue weighted by Gasteiger charge is -2.24. The van der Waals surface area contributed by atoms with E-state index in [1.165, 1.54) is 0 Å². The first kappa shape index (κ1) is 34.5. The van der Waals surface area contributed by atoms with Crippen LogP contribution in [0.25, 0.3) is 21.8 Å². The summed E-state index contributed by atoms with van der Waals surface area (Å²) < 4.78 is 3.78. The number of carbonyl (C=O) groups is 4. The minimum Gasteiger partial charge on any atom is -0.340 e. The smallest absolute Gasteiger partial charge is 0.271 e. The largest absolute Gasteiger partial charge is 0.340 e. The van der Waals surface area contributed by atoms with Gasteiger partial charge in [0.1, 0.15) is 23.5 Å². The molecule has 0 saturated carbocycles. The fraction of sp³-hybridized carbons (Fsp3) is 0.227. The predicted molar refractivity (Wildman–Crippen MR) is 210 cm³/mol. The molecule has 2 fully saturated rings.